The molecule has 0 spiro atoms. The van der Waals surface area contributed by atoms with Crippen LogP contribution in [-0.2, 0) is 11.2 Å². The molecule has 0 saturated heterocycles. The van der Waals surface area contributed by atoms with Crippen molar-refractivity contribution in [3.63, 3.8) is 0 Å². The first-order valence-electron chi connectivity index (χ1n) is 8.35. The van der Waals surface area contributed by atoms with Crippen LogP contribution < -0.4 is 20.7 Å². The van der Waals surface area contributed by atoms with Gasteiger partial charge in [-0.1, -0.05) is 23.7 Å². The highest BCUT2D eigenvalue weighted by molar-refractivity contribution is 6.30. The Bertz CT molecular complexity index is 718. The topological polar surface area (TPSA) is 79.5 Å². The lowest BCUT2D eigenvalue weighted by atomic mass is 10.1. The smallest absolute Gasteiger partial charge is 0.319 e. The van der Waals surface area contributed by atoms with Gasteiger partial charge < -0.3 is 20.7 Å². The van der Waals surface area contributed by atoms with Crippen LogP contribution in [-0.4, -0.2) is 31.6 Å². The van der Waals surface area contributed by atoms with Crippen LogP contribution >= 0.6 is 11.6 Å². The van der Waals surface area contributed by atoms with Gasteiger partial charge in [0, 0.05) is 23.8 Å². The Balaban J connectivity index is 1.71. The van der Waals surface area contributed by atoms with Gasteiger partial charge in [-0.3, -0.25) is 4.79 Å². The van der Waals surface area contributed by atoms with E-state index in [1.807, 2.05) is 31.2 Å². The van der Waals surface area contributed by atoms with E-state index in [2.05, 4.69) is 16.0 Å². The molecule has 138 valence electrons. The second-order valence-corrected chi connectivity index (χ2v) is 5.96. The molecule has 6 nitrogen and oxygen atoms in total. The summed E-state index contributed by atoms with van der Waals surface area (Å²) < 4.78 is 5.35. The average Bonchev–Trinajstić information content (AvgIpc) is 2.63. The number of carbonyl (C=O) groups excluding carboxylic acids is 2. The summed E-state index contributed by atoms with van der Waals surface area (Å²) in [6, 6.07) is 14.1. The molecule has 0 fully saturated rings. The fraction of sp³-hybridized carbons (Fsp3) is 0.263. The molecule has 0 unspecified atom stereocenters. The van der Waals surface area contributed by atoms with Crippen LogP contribution in [0.1, 0.15) is 12.5 Å². The lowest BCUT2D eigenvalue weighted by Gasteiger charge is -2.09. The largest absolute Gasteiger partial charge is 0.484 e. The number of carbonyl (C=O) groups is 2. The Kier molecular flexibility index (Phi) is 7.76. The molecule has 0 radical (unpaired) electrons. The molecule has 2 aromatic carbocycles. The van der Waals surface area contributed by atoms with E-state index in [0.29, 0.717) is 29.5 Å². The maximum atomic E-state index is 11.9. The summed E-state index contributed by atoms with van der Waals surface area (Å²) in [7, 11) is 0. The number of amides is 3. The molecule has 7 heteroatoms. The molecule has 0 aliphatic heterocycles. The number of likely N-dealkylation sites (N-methyl/N-ethyl adjacent to an activating group) is 1. The predicted molar refractivity (Wildman–Crippen MR) is 103 cm³/mol. The molecule has 0 aliphatic carbocycles. The highest BCUT2D eigenvalue weighted by Gasteiger charge is 2.04. The maximum absolute atomic E-state index is 11.9. The monoisotopic (exact) mass is 375 g/mol. The molecular weight excluding hydrogens is 354 g/mol. The van der Waals surface area contributed by atoms with E-state index in [9.17, 15) is 9.59 Å². The molecule has 3 N–H and O–H groups in total. The first-order valence-corrected chi connectivity index (χ1v) is 8.73. The molecule has 0 saturated carbocycles. The second kappa shape index (κ2) is 10.3. The Morgan fingerprint density at radius 3 is 2.35 bits per heavy atom. The van der Waals surface area contributed by atoms with Crippen molar-refractivity contribution in [3.8, 4) is 5.75 Å². The standard InChI is InChI=1S/C19H22ClN3O3/c1-2-21-18(24)13-26-17-9-7-16(8-10-17)23-19(25)22-12-11-14-3-5-15(20)6-4-14/h3-10H,2,11-13H2,1H3,(H,21,24)(H2,22,23,25). The number of rotatable bonds is 8. The molecule has 0 aliphatic rings. The first-order chi connectivity index (χ1) is 12.6. The zero-order valence-electron chi connectivity index (χ0n) is 14.5. The fourth-order valence-electron chi connectivity index (χ4n) is 2.18. The number of anilines is 1. The Labute approximate surface area is 157 Å². The van der Waals surface area contributed by atoms with E-state index < -0.39 is 0 Å². The first kappa shape index (κ1) is 19.6. The van der Waals surface area contributed by atoms with Gasteiger partial charge in [-0.05, 0) is 55.3 Å². The third-order valence-electron chi connectivity index (χ3n) is 3.47. The summed E-state index contributed by atoms with van der Waals surface area (Å²) in [6.07, 6.45) is 0.719. The average molecular weight is 376 g/mol. The van der Waals surface area contributed by atoms with E-state index in [0.717, 1.165) is 12.0 Å². The van der Waals surface area contributed by atoms with Crippen LogP contribution in [0.25, 0.3) is 0 Å². The Morgan fingerprint density at radius 2 is 1.69 bits per heavy atom. The summed E-state index contributed by atoms with van der Waals surface area (Å²) in [5.74, 6) is 0.389. The number of halogens is 1. The zero-order chi connectivity index (χ0) is 18.8. The molecule has 0 aromatic heterocycles. The molecular formula is C19H22ClN3O3. The summed E-state index contributed by atoms with van der Waals surface area (Å²) in [5.41, 5.74) is 1.74. The highest BCUT2D eigenvalue weighted by atomic mass is 35.5. The van der Waals surface area contributed by atoms with Crippen LogP contribution in [0.5, 0.6) is 5.75 Å². The van der Waals surface area contributed by atoms with Gasteiger partial charge in [-0.2, -0.15) is 0 Å². The SMILES string of the molecule is CCNC(=O)COc1ccc(NC(=O)NCCc2ccc(Cl)cc2)cc1. The lowest BCUT2D eigenvalue weighted by Crippen LogP contribution is -2.30. The molecule has 2 rings (SSSR count). The quantitative estimate of drug-likeness (QED) is 0.662. The number of urea groups is 1. The molecule has 0 bridgehead atoms. The Hall–Kier alpha value is -2.73. The molecule has 2 aromatic rings. The van der Waals surface area contributed by atoms with E-state index in [1.165, 1.54) is 0 Å². The van der Waals surface area contributed by atoms with Crippen LogP contribution in [0.4, 0.5) is 10.5 Å². The maximum Gasteiger partial charge on any atom is 0.319 e. The van der Waals surface area contributed by atoms with E-state index in [-0.39, 0.29) is 18.5 Å². The van der Waals surface area contributed by atoms with Gasteiger partial charge in [0.05, 0.1) is 0 Å². The summed E-state index contributed by atoms with van der Waals surface area (Å²) in [5, 5.41) is 8.88. The fourth-order valence-corrected chi connectivity index (χ4v) is 2.30. The van der Waals surface area contributed by atoms with Gasteiger partial charge in [-0.15, -0.1) is 0 Å². The van der Waals surface area contributed by atoms with Crippen LogP contribution in [0.15, 0.2) is 48.5 Å². The Morgan fingerprint density at radius 1 is 1.00 bits per heavy atom. The van der Waals surface area contributed by atoms with Crippen molar-refractivity contribution in [2.24, 2.45) is 0 Å². The van der Waals surface area contributed by atoms with Crippen molar-refractivity contribution in [1.29, 1.82) is 0 Å². The van der Waals surface area contributed by atoms with E-state index in [4.69, 9.17) is 16.3 Å². The summed E-state index contributed by atoms with van der Waals surface area (Å²) in [4.78, 5) is 23.2. The van der Waals surface area contributed by atoms with Crippen LogP contribution in [0, 0.1) is 0 Å². The van der Waals surface area contributed by atoms with Gasteiger partial charge in [0.15, 0.2) is 6.61 Å². The molecule has 26 heavy (non-hydrogen) atoms. The minimum Gasteiger partial charge on any atom is -0.484 e. The second-order valence-electron chi connectivity index (χ2n) is 5.52. The zero-order valence-corrected chi connectivity index (χ0v) is 15.3. The van der Waals surface area contributed by atoms with Crippen molar-refractivity contribution >= 4 is 29.2 Å². The molecule has 0 atom stereocenters. The van der Waals surface area contributed by atoms with Crippen molar-refractivity contribution in [2.45, 2.75) is 13.3 Å². The minimum absolute atomic E-state index is 0.0359. The van der Waals surface area contributed by atoms with Crippen LogP contribution in [0.3, 0.4) is 0 Å². The summed E-state index contributed by atoms with van der Waals surface area (Å²) in [6.45, 7) is 2.89. The summed E-state index contributed by atoms with van der Waals surface area (Å²) >= 11 is 5.84. The molecule has 3 amide bonds. The predicted octanol–water partition coefficient (Wildman–Crippen LogP) is 3.22. The van der Waals surface area contributed by atoms with E-state index in [1.54, 1.807) is 24.3 Å². The van der Waals surface area contributed by atoms with Gasteiger partial charge >= 0.3 is 6.03 Å². The number of hydrogen-bond acceptors (Lipinski definition) is 3. The van der Waals surface area contributed by atoms with Crippen LogP contribution in [0.2, 0.25) is 5.02 Å². The number of ether oxygens (including phenoxy) is 1. The molecule has 0 heterocycles. The third kappa shape index (κ3) is 7.03. The third-order valence-corrected chi connectivity index (χ3v) is 3.72. The number of benzene rings is 2. The normalized spacial score (nSPS) is 10.1. The van der Waals surface area contributed by atoms with Gasteiger partial charge in [-0.25, -0.2) is 4.79 Å². The van der Waals surface area contributed by atoms with Gasteiger partial charge in [0.25, 0.3) is 5.91 Å². The highest BCUT2D eigenvalue weighted by Crippen LogP contribution is 2.15. The van der Waals surface area contributed by atoms with Crippen molar-refractivity contribution in [3.05, 3.63) is 59.1 Å². The van der Waals surface area contributed by atoms with Crippen molar-refractivity contribution < 1.29 is 14.3 Å². The van der Waals surface area contributed by atoms with Crippen molar-refractivity contribution in [2.75, 3.05) is 25.0 Å². The van der Waals surface area contributed by atoms with Crippen molar-refractivity contribution in [1.82, 2.24) is 10.6 Å². The minimum atomic E-state index is -0.282. The lowest BCUT2D eigenvalue weighted by molar-refractivity contribution is -0.122. The number of hydrogen-bond donors (Lipinski definition) is 3. The van der Waals surface area contributed by atoms with Gasteiger partial charge in [0.1, 0.15) is 5.75 Å². The van der Waals surface area contributed by atoms with Gasteiger partial charge in [0.2, 0.25) is 0 Å². The van der Waals surface area contributed by atoms with E-state index >= 15 is 0 Å². The number of nitrogens with one attached hydrogen (secondary N) is 3.